The molecule has 0 spiro atoms. The zero-order valence-corrected chi connectivity index (χ0v) is 14.9. The van der Waals surface area contributed by atoms with Crippen LogP contribution in [0.2, 0.25) is 0 Å². The average molecular weight is 361 g/mol. The maximum Gasteiger partial charge on any atom is 0.259 e. The van der Waals surface area contributed by atoms with Crippen LogP contribution in [0.1, 0.15) is 18.4 Å². The van der Waals surface area contributed by atoms with Crippen molar-refractivity contribution in [2.45, 2.75) is 18.9 Å². The number of nitrogens with one attached hydrogen (secondary N) is 2. The fourth-order valence-corrected chi connectivity index (χ4v) is 2.85. The molecule has 1 amide bonds. The van der Waals surface area contributed by atoms with Gasteiger partial charge in [-0.25, -0.2) is 4.98 Å². The largest absolute Gasteiger partial charge is 0.497 e. The summed E-state index contributed by atoms with van der Waals surface area (Å²) in [6, 6.07) is 13.0. The lowest BCUT2D eigenvalue weighted by atomic mass is 10.1. The van der Waals surface area contributed by atoms with Crippen molar-refractivity contribution in [3.05, 3.63) is 64.5 Å². The quantitative estimate of drug-likeness (QED) is 0.685. The number of aromatic amines is 1. The first kappa shape index (κ1) is 17.0. The molecule has 6 nitrogen and oxygen atoms in total. The third-order valence-corrected chi connectivity index (χ3v) is 4.47. The van der Waals surface area contributed by atoms with Gasteiger partial charge in [-0.05, 0) is 49.2 Å². The molecule has 27 heavy (non-hydrogen) atoms. The summed E-state index contributed by atoms with van der Waals surface area (Å²) in [7, 11) is 1.60. The Bertz CT molecular complexity index is 1080. The van der Waals surface area contributed by atoms with E-state index in [-0.39, 0.29) is 11.5 Å². The minimum atomic E-state index is -0.219. The van der Waals surface area contributed by atoms with Gasteiger partial charge in [0.15, 0.2) is 0 Å². The Morgan fingerprint density at radius 3 is 2.70 bits per heavy atom. The second-order valence-electron chi connectivity index (χ2n) is 6.50. The van der Waals surface area contributed by atoms with E-state index < -0.39 is 0 Å². The monoisotopic (exact) mass is 361 g/mol. The predicted octanol–water partition coefficient (Wildman–Crippen LogP) is 2.89. The standard InChI is InChI=1S/C21H19N3O3/c1-27-16-10-5-14(6-11-16)20-23-19-13(3-2-4-17(19)21(26)24-20)7-12-18(25)22-15-8-9-15/h2-7,10-12,15H,8-9H2,1H3,(H,22,25)(H,23,24,26)/b12-7+. The highest BCUT2D eigenvalue weighted by Gasteiger charge is 2.22. The zero-order chi connectivity index (χ0) is 18.8. The number of ether oxygens (including phenoxy) is 1. The van der Waals surface area contributed by atoms with Crippen LogP contribution < -0.4 is 15.6 Å². The summed E-state index contributed by atoms with van der Waals surface area (Å²) in [5.74, 6) is 1.07. The Balaban J connectivity index is 1.73. The van der Waals surface area contributed by atoms with Gasteiger partial charge in [0.05, 0.1) is 18.0 Å². The van der Waals surface area contributed by atoms with Crippen LogP contribution in [0.15, 0.2) is 53.3 Å². The van der Waals surface area contributed by atoms with Gasteiger partial charge in [0.25, 0.3) is 5.56 Å². The minimum Gasteiger partial charge on any atom is -0.497 e. The molecular formula is C21H19N3O3. The Labute approximate surface area is 155 Å². The Hall–Kier alpha value is -3.41. The van der Waals surface area contributed by atoms with Crippen LogP contribution in [0.3, 0.4) is 0 Å². The van der Waals surface area contributed by atoms with Crippen molar-refractivity contribution >= 4 is 22.9 Å². The molecule has 1 heterocycles. The van der Waals surface area contributed by atoms with Gasteiger partial charge >= 0.3 is 0 Å². The zero-order valence-electron chi connectivity index (χ0n) is 14.9. The number of fused-ring (bicyclic) bond motifs is 1. The number of aromatic nitrogens is 2. The van der Waals surface area contributed by atoms with Gasteiger partial charge in [-0.15, -0.1) is 0 Å². The molecule has 0 radical (unpaired) electrons. The van der Waals surface area contributed by atoms with E-state index in [4.69, 9.17) is 4.74 Å². The number of rotatable bonds is 5. The third kappa shape index (κ3) is 3.74. The summed E-state index contributed by atoms with van der Waals surface area (Å²) in [5.41, 5.74) is 1.84. The molecule has 3 aromatic rings. The Kier molecular flexibility index (Phi) is 4.46. The van der Waals surface area contributed by atoms with Gasteiger partial charge in [0.1, 0.15) is 11.6 Å². The molecule has 0 atom stereocenters. The van der Waals surface area contributed by atoms with Gasteiger partial charge < -0.3 is 15.0 Å². The summed E-state index contributed by atoms with van der Waals surface area (Å²) >= 11 is 0. The lowest BCUT2D eigenvalue weighted by molar-refractivity contribution is -0.116. The normalized spacial score (nSPS) is 13.8. The van der Waals surface area contributed by atoms with E-state index in [0.717, 1.165) is 29.7 Å². The van der Waals surface area contributed by atoms with E-state index in [0.29, 0.717) is 22.8 Å². The van der Waals surface area contributed by atoms with Crippen LogP contribution in [0.5, 0.6) is 5.75 Å². The predicted molar refractivity (Wildman–Crippen MR) is 105 cm³/mol. The molecule has 4 rings (SSSR count). The second kappa shape index (κ2) is 7.07. The molecule has 0 unspecified atom stereocenters. The summed E-state index contributed by atoms with van der Waals surface area (Å²) in [6.45, 7) is 0. The highest BCUT2D eigenvalue weighted by molar-refractivity contribution is 5.95. The van der Waals surface area contributed by atoms with Crippen LogP contribution >= 0.6 is 0 Å². The topological polar surface area (TPSA) is 84.1 Å². The molecule has 1 fully saturated rings. The first-order valence-electron chi connectivity index (χ1n) is 8.80. The van der Waals surface area contributed by atoms with E-state index in [1.165, 1.54) is 6.08 Å². The molecule has 1 aromatic heterocycles. The van der Waals surface area contributed by atoms with Crippen molar-refractivity contribution in [2.24, 2.45) is 0 Å². The highest BCUT2D eigenvalue weighted by atomic mass is 16.5. The molecule has 1 saturated carbocycles. The molecule has 0 aliphatic heterocycles. The maximum absolute atomic E-state index is 12.5. The molecule has 2 N–H and O–H groups in total. The van der Waals surface area contributed by atoms with Crippen molar-refractivity contribution in [2.75, 3.05) is 7.11 Å². The molecule has 2 aromatic carbocycles. The molecule has 136 valence electrons. The molecular weight excluding hydrogens is 342 g/mol. The first-order chi connectivity index (χ1) is 13.1. The number of hydrogen-bond acceptors (Lipinski definition) is 4. The van der Waals surface area contributed by atoms with Gasteiger partial charge in [-0.3, -0.25) is 9.59 Å². The summed E-state index contributed by atoms with van der Waals surface area (Å²) in [5, 5.41) is 3.39. The number of amides is 1. The van der Waals surface area contributed by atoms with Crippen molar-refractivity contribution in [1.29, 1.82) is 0 Å². The number of carbonyl (C=O) groups is 1. The number of H-pyrrole nitrogens is 1. The van der Waals surface area contributed by atoms with E-state index in [9.17, 15) is 9.59 Å². The Morgan fingerprint density at radius 1 is 1.22 bits per heavy atom. The minimum absolute atomic E-state index is 0.130. The van der Waals surface area contributed by atoms with E-state index in [2.05, 4.69) is 15.3 Å². The van der Waals surface area contributed by atoms with Crippen LogP contribution in [-0.4, -0.2) is 29.0 Å². The van der Waals surface area contributed by atoms with E-state index >= 15 is 0 Å². The van der Waals surface area contributed by atoms with Crippen LogP contribution in [0.25, 0.3) is 28.4 Å². The maximum atomic E-state index is 12.5. The molecule has 6 heteroatoms. The number of carbonyl (C=O) groups excluding carboxylic acids is 1. The SMILES string of the molecule is COc1ccc(-c2nc3c(/C=C/C(=O)NC4CC4)cccc3c(=O)[nH]2)cc1. The third-order valence-electron chi connectivity index (χ3n) is 4.47. The number of nitrogens with zero attached hydrogens (tertiary/aromatic N) is 1. The highest BCUT2D eigenvalue weighted by Crippen LogP contribution is 2.22. The van der Waals surface area contributed by atoms with Crippen molar-refractivity contribution < 1.29 is 9.53 Å². The molecule has 0 saturated heterocycles. The van der Waals surface area contributed by atoms with Crippen molar-refractivity contribution in [1.82, 2.24) is 15.3 Å². The van der Waals surface area contributed by atoms with Gasteiger partial charge in [0, 0.05) is 23.2 Å². The summed E-state index contributed by atoms with van der Waals surface area (Å²) in [4.78, 5) is 31.9. The van der Waals surface area contributed by atoms with Crippen LogP contribution in [0, 0.1) is 0 Å². The lowest BCUT2D eigenvalue weighted by Gasteiger charge is -2.06. The van der Waals surface area contributed by atoms with Crippen molar-refractivity contribution in [3.8, 4) is 17.1 Å². The van der Waals surface area contributed by atoms with Crippen molar-refractivity contribution in [3.63, 3.8) is 0 Å². The fraction of sp³-hybridized carbons (Fsp3) is 0.190. The van der Waals surface area contributed by atoms with Gasteiger partial charge in [-0.2, -0.15) is 0 Å². The number of benzene rings is 2. The molecule has 1 aliphatic rings. The van der Waals surface area contributed by atoms with Gasteiger partial charge in [-0.1, -0.05) is 12.1 Å². The van der Waals surface area contributed by atoms with Gasteiger partial charge in [0.2, 0.25) is 5.91 Å². The van der Waals surface area contributed by atoms with Crippen LogP contribution in [-0.2, 0) is 4.79 Å². The van der Waals surface area contributed by atoms with Crippen LogP contribution in [0.4, 0.5) is 0 Å². The first-order valence-corrected chi connectivity index (χ1v) is 8.80. The number of methoxy groups -OCH3 is 1. The summed E-state index contributed by atoms with van der Waals surface area (Å²) < 4.78 is 5.16. The molecule has 1 aliphatic carbocycles. The van der Waals surface area contributed by atoms with E-state index in [1.54, 1.807) is 25.3 Å². The van der Waals surface area contributed by atoms with E-state index in [1.807, 2.05) is 30.3 Å². The lowest BCUT2D eigenvalue weighted by Crippen LogP contribution is -2.22. The Morgan fingerprint density at radius 2 is 2.00 bits per heavy atom. The smallest absolute Gasteiger partial charge is 0.259 e. The number of para-hydroxylation sites is 1. The number of hydrogen-bond donors (Lipinski definition) is 2. The summed E-state index contributed by atoms with van der Waals surface area (Å²) in [6.07, 6.45) is 5.26. The second-order valence-corrected chi connectivity index (χ2v) is 6.50. The average Bonchev–Trinajstić information content (AvgIpc) is 3.50. The fourth-order valence-electron chi connectivity index (χ4n) is 2.85. The molecule has 0 bridgehead atoms.